The number of anilines is 1. The van der Waals surface area contributed by atoms with Crippen LogP contribution in [0.4, 0.5) is 5.69 Å². The van der Waals surface area contributed by atoms with Crippen LogP contribution in [0, 0.1) is 0 Å². The summed E-state index contributed by atoms with van der Waals surface area (Å²) in [5.41, 5.74) is 0.962. The molecule has 0 radical (unpaired) electrons. The van der Waals surface area contributed by atoms with Gasteiger partial charge in [-0.1, -0.05) is 31.0 Å². The van der Waals surface area contributed by atoms with Gasteiger partial charge in [0, 0.05) is 12.7 Å². The smallest absolute Gasteiger partial charge is 0.243 e. The van der Waals surface area contributed by atoms with Crippen molar-refractivity contribution in [2.24, 2.45) is 0 Å². The first-order valence-corrected chi connectivity index (χ1v) is 6.35. The summed E-state index contributed by atoms with van der Waals surface area (Å²) in [5.74, 6) is 0.179. The van der Waals surface area contributed by atoms with Crippen LogP contribution in [0.5, 0.6) is 0 Å². The van der Waals surface area contributed by atoms with E-state index in [2.05, 4.69) is 5.32 Å². The molecule has 1 amide bonds. The molecule has 0 aromatic heterocycles. The lowest BCUT2D eigenvalue weighted by molar-refractivity contribution is -0.120. The Kier molecular flexibility index (Phi) is 4.15. The summed E-state index contributed by atoms with van der Waals surface area (Å²) in [5, 5.41) is 3.34. The standard InChI is InChI=1S/C14H20N2O/c1-16(12-8-4-2-5-9-12)14(17)13-10-6-3-7-11-15-13/h2,4-5,8-9,13,15H,3,6-7,10-11H2,1H3. The quantitative estimate of drug-likeness (QED) is 0.847. The third kappa shape index (κ3) is 3.07. The molecular formula is C14H20N2O. The normalized spacial score (nSPS) is 20.6. The molecule has 0 saturated carbocycles. The van der Waals surface area contributed by atoms with Gasteiger partial charge in [0.1, 0.15) is 0 Å². The van der Waals surface area contributed by atoms with Gasteiger partial charge < -0.3 is 10.2 Å². The van der Waals surface area contributed by atoms with Crippen LogP contribution in [-0.4, -0.2) is 25.5 Å². The van der Waals surface area contributed by atoms with Crippen LogP contribution in [0.3, 0.4) is 0 Å². The molecule has 1 atom stereocenters. The van der Waals surface area contributed by atoms with Gasteiger partial charge in [-0.25, -0.2) is 0 Å². The number of nitrogens with one attached hydrogen (secondary N) is 1. The number of carbonyl (C=O) groups is 1. The average Bonchev–Trinajstić information content (AvgIpc) is 2.67. The maximum atomic E-state index is 12.3. The van der Waals surface area contributed by atoms with E-state index >= 15 is 0 Å². The first-order chi connectivity index (χ1) is 8.29. The lowest BCUT2D eigenvalue weighted by Gasteiger charge is -2.23. The minimum absolute atomic E-state index is 0.0114. The van der Waals surface area contributed by atoms with Gasteiger partial charge in [-0.2, -0.15) is 0 Å². The van der Waals surface area contributed by atoms with Crippen LogP contribution >= 0.6 is 0 Å². The van der Waals surface area contributed by atoms with E-state index in [0.29, 0.717) is 0 Å². The predicted molar refractivity (Wildman–Crippen MR) is 70.1 cm³/mol. The SMILES string of the molecule is CN(C(=O)C1CCCCCN1)c1ccccc1. The van der Waals surface area contributed by atoms with Crippen molar-refractivity contribution in [1.82, 2.24) is 5.32 Å². The highest BCUT2D eigenvalue weighted by Gasteiger charge is 2.23. The van der Waals surface area contributed by atoms with Gasteiger partial charge in [-0.05, 0) is 31.5 Å². The molecule has 1 unspecified atom stereocenters. The highest BCUT2D eigenvalue weighted by Crippen LogP contribution is 2.15. The van der Waals surface area contributed by atoms with Gasteiger partial charge in [-0.3, -0.25) is 4.79 Å². The molecule has 92 valence electrons. The monoisotopic (exact) mass is 232 g/mol. The van der Waals surface area contributed by atoms with Crippen LogP contribution in [0.25, 0.3) is 0 Å². The summed E-state index contributed by atoms with van der Waals surface area (Å²) in [4.78, 5) is 14.1. The number of benzene rings is 1. The van der Waals surface area contributed by atoms with Gasteiger partial charge >= 0.3 is 0 Å². The third-order valence-corrected chi connectivity index (χ3v) is 3.33. The molecule has 3 heteroatoms. The van der Waals surface area contributed by atoms with Crippen LogP contribution < -0.4 is 10.2 Å². The van der Waals surface area contributed by atoms with Crippen LogP contribution in [0.2, 0.25) is 0 Å². The molecule has 1 heterocycles. The van der Waals surface area contributed by atoms with Crippen LogP contribution in [0.15, 0.2) is 30.3 Å². The first kappa shape index (κ1) is 12.1. The minimum atomic E-state index is -0.0114. The number of amides is 1. The number of likely N-dealkylation sites (N-methyl/N-ethyl adjacent to an activating group) is 1. The summed E-state index contributed by atoms with van der Waals surface area (Å²) in [6.07, 6.45) is 4.51. The summed E-state index contributed by atoms with van der Waals surface area (Å²) >= 11 is 0. The van der Waals surface area contributed by atoms with Crippen LogP contribution in [0.1, 0.15) is 25.7 Å². The Morgan fingerprint density at radius 2 is 2.00 bits per heavy atom. The summed E-state index contributed by atoms with van der Waals surface area (Å²) in [6, 6.07) is 9.80. The summed E-state index contributed by atoms with van der Waals surface area (Å²) in [7, 11) is 1.85. The summed E-state index contributed by atoms with van der Waals surface area (Å²) in [6.45, 7) is 0.957. The number of hydrogen-bond donors (Lipinski definition) is 1. The number of carbonyl (C=O) groups excluding carboxylic acids is 1. The molecule has 2 rings (SSSR count). The van der Waals surface area contributed by atoms with E-state index in [1.165, 1.54) is 12.8 Å². The van der Waals surface area contributed by atoms with E-state index in [4.69, 9.17) is 0 Å². The molecule has 1 aliphatic heterocycles. The largest absolute Gasteiger partial charge is 0.314 e. The van der Waals surface area contributed by atoms with Crippen molar-refractivity contribution in [3.63, 3.8) is 0 Å². The van der Waals surface area contributed by atoms with Crippen molar-refractivity contribution in [3.05, 3.63) is 30.3 Å². The Morgan fingerprint density at radius 3 is 2.76 bits per heavy atom. The number of para-hydroxylation sites is 1. The highest BCUT2D eigenvalue weighted by molar-refractivity contribution is 5.96. The van der Waals surface area contributed by atoms with E-state index < -0.39 is 0 Å². The van der Waals surface area contributed by atoms with Crippen molar-refractivity contribution in [3.8, 4) is 0 Å². The molecule has 1 aromatic carbocycles. The van der Waals surface area contributed by atoms with Gasteiger partial charge in [0.2, 0.25) is 5.91 Å². The lowest BCUT2D eigenvalue weighted by atomic mass is 10.1. The topological polar surface area (TPSA) is 32.3 Å². The van der Waals surface area contributed by atoms with E-state index in [9.17, 15) is 4.79 Å². The molecule has 1 N–H and O–H groups in total. The Morgan fingerprint density at radius 1 is 1.24 bits per heavy atom. The van der Waals surface area contributed by atoms with Crippen molar-refractivity contribution in [2.75, 3.05) is 18.5 Å². The van der Waals surface area contributed by atoms with Crippen molar-refractivity contribution in [1.29, 1.82) is 0 Å². The Hall–Kier alpha value is -1.35. The van der Waals surface area contributed by atoms with E-state index in [1.54, 1.807) is 4.90 Å². The summed E-state index contributed by atoms with van der Waals surface area (Å²) < 4.78 is 0. The fourth-order valence-corrected chi connectivity index (χ4v) is 2.25. The molecule has 1 aromatic rings. The molecule has 1 saturated heterocycles. The second-order valence-corrected chi connectivity index (χ2v) is 4.59. The third-order valence-electron chi connectivity index (χ3n) is 3.33. The van der Waals surface area contributed by atoms with Gasteiger partial charge in [-0.15, -0.1) is 0 Å². The maximum Gasteiger partial charge on any atom is 0.243 e. The van der Waals surface area contributed by atoms with Crippen molar-refractivity contribution in [2.45, 2.75) is 31.7 Å². The number of hydrogen-bond acceptors (Lipinski definition) is 2. The van der Waals surface area contributed by atoms with E-state index in [-0.39, 0.29) is 11.9 Å². The van der Waals surface area contributed by atoms with E-state index in [0.717, 1.165) is 25.1 Å². The van der Waals surface area contributed by atoms with Crippen LogP contribution in [-0.2, 0) is 4.79 Å². The lowest BCUT2D eigenvalue weighted by Crippen LogP contribution is -2.44. The average molecular weight is 232 g/mol. The zero-order valence-electron chi connectivity index (χ0n) is 10.4. The second-order valence-electron chi connectivity index (χ2n) is 4.59. The number of rotatable bonds is 2. The Balaban J connectivity index is 2.03. The predicted octanol–water partition coefficient (Wildman–Crippen LogP) is 2.18. The zero-order chi connectivity index (χ0) is 12.1. The van der Waals surface area contributed by atoms with Crippen molar-refractivity contribution < 1.29 is 4.79 Å². The molecule has 1 fully saturated rings. The molecular weight excluding hydrogens is 212 g/mol. The van der Waals surface area contributed by atoms with Crippen molar-refractivity contribution >= 4 is 11.6 Å². The Bertz CT molecular complexity index is 356. The second kappa shape index (κ2) is 5.82. The molecule has 0 spiro atoms. The highest BCUT2D eigenvalue weighted by atomic mass is 16.2. The first-order valence-electron chi connectivity index (χ1n) is 6.35. The van der Waals surface area contributed by atoms with Gasteiger partial charge in [0.15, 0.2) is 0 Å². The molecule has 0 bridgehead atoms. The minimum Gasteiger partial charge on any atom is -0.314 e. The fourth-order valence-electron chi connectivity index (χ4n) is 2.25. The molecule has 0 aliphatic carbocycles. The number of nitrogens with zero attached hydrogens (tertiary/aromatic N) is 1. The van der Waals surface area contributed by atoms with Gasteiger partial charge in [0.05, 0.1) is 6.04 Å². The maximum absolute atomic E-state index is 12.3. The zero-order valence-corrected chi connectivity index (χ0v) is 10.4. The fraction of sp³-hybridized carbons (Fsp3) is 0.500. The molecule has 17 heavy (non-hydrogen) atoms. The van der Waals surface area contributed by atoms with E-state index in [1.807, 2.05) is 37.4 Å². The van der Waals surface area contributed by atoms with Gasteiger partial charge in [0.25, 0.3) is 0 Å². The molecule has 3 nitrogen and oxygen atoms in total. The Labute approximate surface area is 103 Å². The molecule has 1 aliphatic rings.